The summed E-state index contributed by atoms with van der Waals surface area (Å²) in [5.74, 6) is 0. The van der Waals surface area contributed by atoms with E-state index in [1.54, 1.807) is 0 Å². The first kappa shape index (κ1) is 16.7. The van der Waals surface area contributed by atoms with Crippen LogP contribution in [0.5, 0.6) is 0 Å². The van der Waals surface area contributed by atoms with E-state index in [2.05, 4.69) is 41.8 Å². The molecule has 0 radical (unpaired) electrons. The average molecular weight is 277 g/mol. The van der Waals surface area contributed by atoms with Crippen LogP contribution >= 0.6 is 11.6 Å². The van der Waals surface area contributed by atoms with Crippen molar-refractivity contribution >= 4 is 35.1 Å². The Morgan fingerprint density at radius 1 is 1.11 bits per heavy atom. The van der Waals surface area contributed by atoms with Gasteiger partial charge in [0.05, 0.1) is 5.50 Å². The summed E-state index contributed by atoms with van der Waals surface area (Å²) in [4.78, 5) is 0. The summed E-state index contributed by atoms with van der Waals surface area (Å²) >= 11 is 5.89. The van der Waals surface area contributed by atoms with Gasteiger partial charge in [0.25, 0.3) is 0 Å². The van der Waals surface area contributed by atoms with Crippen LogP contribution in [-0.4, -0.2) is 39.5 Å². The van der Waals surface area contributed by atoms with Gasteiger partial charge in [-0.15, -0.1) is 0 Å². The third-order valence-electron chi connectivity index (χ3n) is 2.97. The highest BCUT2D eigenvalue weighted by atomic mass is 35.5. The summed E-state index contributed by atoms with van der Waals surface area (Å²) < 4.78 is 0. The molecule has 2 nitrogen and oxygen atoms in total. The van der Waals surface area contributed by atoms with E-state index >= 15 is 0 Å². The summed E-state index contributed by atoms with van der Waals surface area (Å²) in [5, 5.41) is 14.8. The van der Waals surface area contributed by atoms with Crippen molar-refractivity contribution in [3.8, 4) is 0 Å². The second-order valence-corrected chi connectivity index (χ2v) is 7.65. The molecule has 6 heteroatoms. The number of aliphatic hydroxyl groups is 1. The van der Waals surface area contributed by atoms with Gasteiger partial charge in [0.1, 0.15) is 23.5 Å². The van der Waals surface area contributed by atoms with Crippen molar-refractivity contribution in [1.29, 1.82) is 0 Å². The zero-order valence-corrected chi connectivity index (χ0v) is 13.6. The molecular weight excluding hydrogens is 254 g/mol. The molecular formula is C13H23B3ClNO. The second kappa shape index (κ2) is 5.55. The Labute approximate surface area is 124 Å². The predicted octanol–water partition coefficient (Wildman–Crippen LogP) is -0.184. The zero-order valence-electron chi connectivity index (χ0n) is 12.8. The third-order valence-corrected chi connectivity index (χ3v) is 3.22. The molecule has 0 aliphatic rings. The van der Waals surface area contributed by atoms with Crippen molar-refractivity contribution in [1.82, 2.24) is 5.32 Å². The maximum absolute atomic E-state index is 10.7. The first-order valence-electron chi connectivity index (χ1n) is 6.69. The van der Waals surface area contributed by atoms with Crippen LogP contribution in [0.15, 0.2) is 24.3 Å². The molecule has 102 valence electrons. The lowest BCUT2D eigenvalue weighted by Gasteiger charge is -2.40. The molecule has 0 bridgehead atoms. The van der Waals surface area contributed by atoms with E-state index in [9.17, 15) is 5.11 Å². The molecule has 0 amide bonds. The van der Waals surface area contributed by atoms with Gasteiger partial charge in [0.15, 0.2) is 0 Å². The van der Waals surface area contributed by atoms with Crippen molar-refractivity contribution < 1.29 is 5.11 Å². The van der Waals surface area contributed by atoms with Crippen LogP contribution in [0.3, 0.4) is 0 Å². The normalized spacial score (nSPS) is 16.1. The van der Waals surface area contributed by atoms with Crippen LogP contribution < -0.4 is 5.32 Å². The van der Waals surface area contributed by atoms with E-state index in [4.69, 9.17) is 11.6 Å². The van der Waals surface area contributed by atoms with Crippen LogP contribution in [0.4, 0.5) is 0 Å². The van der Waals surface area contributed by atoms with Crippen molar-refractivity contribution in [3.63, 3.8) is 0 Å². The molecule has 0 saturated heterocycles. The largest absolute Gasteiger partial charge is 0.395 e. The topological polar surface area (TPSA) is 32.3 Å². The Morgan fingerprint density at radius 3 is 2.00 bits per heavy atom. The van der Waals surface area contributed by atoms with Gasteiger partial charge >= 0.3 is 0 Å². The van der Waals surface area contributed by atoms with E-state index in [1.165, 1.54) is 0 Å². The first-order valence-corrected chi connectivity index (χ1v) is 7.07. The fraction of sp³-hybridized carbons (Fsp3) is 0.538. The molecule has 0 aliphatic heterocycles. The number of halogens is 1. The second-order valence-electron chi connectivity index (χ2n) is 7.22. The fourth-order valence-corrected chi connectivity index (χ4v) is 2.96. The molecule has 19 heavy (non-hydrogen) atoms. The fourth-order valence-electron chi connectivity index (χ4n) is 2.83. The summed E-state index contributed by atoms with van der Waals surface area (Å²) in [7, 11) is 6.08. The molecule has 1 unspecified atom stereocenters. The Bertz CT molecular complexity index is 427. The zero-order chi connectivity index (χ0) is 14.9. The maximum atomic E-state index is 10.7. The Hall–Kier alpha value is -0.375. The van der Waals surface area contributed by atoms with Crippen LogP contribution in [0.25, 0.3) is 0 Å². The molecule has 2 N–H and O–H groups in total. The van der Waals surface area contributed by atoms with Crippen molar-refractivity contribution in [2.24, 2.45) is 0 Å². The quantitative estimate of drug-likeness (QED) is 0.748. The van der Waals surface area contributed by atoms with E-state index in [1.807, 2.05) is 32.1 Å². The molecule has 0 aromatic heterocycles. The predicted molar refractivity (Wildman–Crippen MR) is 91.2 cm³/mol. The highest BCUT2D eigenvalue weighted by molar-refractivity contribution is 6.40. The maximum Gasteiger partial charge on any atom is 0.148 e. The van der Waals surface area contributed by atoms with Gasteiger partial charge < -0.3 is 10.4 Å². The molecule has 1 aromatic carbocycles. The number of nitrogens with one attached hydrogen (secondary N) is 1. The van der Waals surface area contributed by atoms with E-state index in [0.29, 0.717) is 11.4 Å². The lowest BCUT2D eigenvalue weighted by molar-refractivity contribution is 0.104. The molecule has 1 aromatic rings. The van der Waals surface area contributed by atoms with Crippen molar-refractivity contribution in [2.75, 3.05) is 0 Å². The average Bonchev–Trinajstić information content (AvgIpc) is 2.11. The van der Waals surface area contributed by atoms with Crippen molar-refractivity contribution in [2.45, 2.75) is 43.6 Å². The van der Waals surface area contributed by atoms with Gasteiger partial charge in [0.2, 0.25) is 0 Å². The Morgan fingerprint density at radius 2 is 1.58 bits per heavy atom. The van der Waals surface area contributed by atoms with Gasteiger partial charge in [-0.1, -0.05) is 23.7 Å². The van der Waals surface area contributed by atoms with Crippen LogP contribution in [0.2, 0.25) is 5.02 Å². The smallest absolute Gasteiger partial charge is 0.148 e. The summed E-state index contributed by atoms with van der Waals surface area (Å²) in [6.07, 6.45) is 0.624. The van der Waals surface area contributed by atoms with E-state index in [-0.39, 0.29) is 10.9 Å². The summed E-state index contributed by atoms with van der Waals surface area (Å²) in [6, 6.07) is 7.40. The summed E-state index contributed by atoms with van der Waals surface area (Å²) in [5.41, 5.74) is 0.0204. The number of hydrogen-bond acceptors (Lipinski definition) is 2. The minimum atomic E-state index is -0.883. The number of benzene rings is 1. The third kappa shape index (κ3) is 5.64. The van der Waals surface area contributed by atoms with Crippen LogP contribution in [0, 0.1) is 0 Å². The highest BCUT2D eigenvalue weighted by Gasteiger charge is 2.33. The first-order chi connectivity index (χ1) is 8.41. The lowest BCUT2D eigenvalue weighted by Crippen LogP contribution is -2.58. The van der Waals surface area contributed by atoms with Gasteiger partial charge in [-0.05, 0) is 50.2 Å². The van der Waals surface area contributed by atoms with E-state index < -0.39 is 5.50 Å². The number of rotatable bonds is 4. The standard InChI is InChI=1S/C13H23B3ClNO/c1-11(2,3)18-13(15,16)8-12(14,19)9-4-6-10(17)7-5-9/h4-7,18-19H,8,14-16H2,1-3H3. The van der Waals surface area contributed by atoms with Gasteiger partial charge in [-0.3, -0.25) is 0 Å². The summed E-state index contributed by atoms with van der Waals surface area (Å²) in [6.45, 7) is 6.39. The van der Waals surface area contributed by atoms with E-state index in [0.717, 1.165) is 5.56 Å². The minimum absolute atomic E-state index is 0.0135. The van der Waals surface area contributed by atoms with Crippen molar-refractivity contribution in [3.05, 3.63) is 34.9 Å². The Kier molecular flexibility index (Phi) is 4.87. The minimum Gasteiger partial charge on any atom is -0.395 e. The lowest BCUT2D eigenvalue weighted by atomic mass is 9.53. The molecule has 1 rings (SSSR count). The Balaban J connectivity index is 2.86. The van der Waals surface area contributed by atoms with Gasteiger partial charge in [-0.25, -0.2) is 0 Å². The van der Waals surface area contributed by atoms with Crippen LogP contribution in [0.1, 0.15) is 32.8 Å². The van der Waals surface area contributed by atoms with Crippen LogP contribution in [-0.2, 0) is 5.50 Å². The molecule has 0 saturated carbocycles. The van der Waals surface area contributed by atoms with Gasteiger partial charge in [0, 0.05) is 10.6 Å². The molecule has 0 aliphatic carbocycles. The SMILES string of the molecule is BC(B)(CC(B)(O)c1ccc(Cl)cc1)NC(C)(C)C. The van der Waals surface area contributed by atoms with Gasteiger partial charge in [-0.2, -0.15) is 0 Å². The number of hydrogen-bond donors (Lipinski definition) is 2. The monoisotopic (exact) mass is 277 g/mol. The molecule has 1 atom stereocenters. The molecule has 0 fully saturated rings. The molecule has 0 heterocycles. The highest BCUT2D eigenvalue weighted by Crippen LogP contribution is 2.27. The molecule has 0 spiro atoms.